The molecule has 1 aliphatic carbocycles. The lowest BCUT2D eigenvalue weighted by Crippen LogP contribution is -2.40. The summed E-state index contributed by atoms with van der Waals surface area (Å²) >= 11 is 1.84. The maximum Gasteiger partial charge on any atom is 0.0934 e. The van der Waals surface area contributed by atoms with E-state index in [0.717, 1.165) is 13.0 Å². The van der Waals surface area contributed by atoms with Crippen LogP contribution in [0, 0.1) is 5.41 Å². The van der Waals surface area contributed by atoms with Gasteiger partial charge in [0.25, 0.3) is 0 Å². The van der Waals surface area contributed by atoms with Crippen LogP contribution in [-0.4, -0.2) is 18.6 Å². The van der Waals surface area contributed by atoms with Crippen molar-refractivity contribution in [2.45, 2.75) is 51.9 Å². The van der Waals surface area contributed by atoms with Crippen molar-refractivity contribution in [3.05, 3.63) is 16.1 Å². The van der Waals surface area contributed by atoms with E-state index in [0.29, 0.717) is 5.41 Å². The molecular formula is C14H24N2S. The molecule has 0 bridgehead atoms. The van der Waals surface area contributed by atoms with Crippen molar-refractivity contribution in [1.29, 1.82) is 0 Å². The minimum Gasteiger partial charge on any atom is -0.319 e. The fourth-order valence-corrected chi connectivity index (χ4v) is 3.72. The van der Waals surface area contributed by atoms with Gasteiger partial charge >= 0.3 is 0 Å². The normalized spacial score (nSPS) is 19.1. The molecule has 2 rings (SSSR count). The molecule has 1 heterocycles. The molecule has 1 aliphatic rings. The first-order valence-corrected chi connectivity index (χ1v) is 7.43. The Balaban J connectivity index is 2.06. The minimum absolute atomic E-state index is 0.185. The summed E-state index contributed by atoms with van der Waals surface area (Å²) in [4.78, 5) is 4.82. The lowest BCUT2D eigenvalue weighted by molar-refractivity contribution is 0.133. The van der Waals surface area contributed by atoms with Gasteiger partial charge in [-0.1, -0.05) is 27.2 Å². The molecule has 0 aliphatic heterocycles. The Morgan fingerprint density at radius 2 is 2.12 bits per heavy atom. The summed E-state index contributed by atoms with van der Waals surface area (Å²) in [6.45, 7) is 7.84. The van der Waals surface area contributed by atoms with Crippen molar-refractivity contribution < 1.29 is 0 Å². The second kappa shape index (κ2) is 4.69. The SMILES string of the molecule is CNCC1(Cc2nc(C(C)(C)C)cs2)CCC1. The first kappa shape index (κ1) is 13.0. The van der Waals surface area contributed by atoms with Gasteiger partial charge < -0.3 is 5.32 Å². The van der Waals surface area contributed by atoms with Gasteiger partial charge in [0.05, 0.1) is 10.7 Å². The highest BCUT2D eigenvalue weighted by atomic mass is 32.1. The maximum absolute atomic E-state index is 4.82. The number of nitrogens with zero attached hydrogens (tertiary/aromatic N) is 1. The van der Waals surface area contributed by atoms with Gasteiger partial charge in [-0.05, 0) is 25.3 Å². The van der Waals surface area contributed by atoms with Gasteiger partial charge in [0.15, 0.2) is 0 Å². The van der Waals surface area contributed by atoms with Crippen molar-refractivity contribution in [2.75, 3.05) is 13.6 Å². The highest BCUT2D eigenvalue weighted by Gasteiger charge is 2.37. The largest absolute Gasteiger partial charge is 0.319 e. The molecule has 2 nitrogen and oxygen atoms in total. The molecule has 0 atom stereocenters. The lowest BCUT2D eigenvalue weighted by Gasteiger charge is -2.41. The van der Waals surface area contributed by atoms with Crippen LogP contribution in [-0.2, 0) is 11.8 Å². The average molecular weight is 252 g/mol. The summed E-state index contributed by atoms with van der Waals surface area (Å²) in [5.41, 5.74) is 1.93. The summed E-state index contributed by atoms with van der Waals surface area (Å²) in [6, 6.07) is 0. The molecule has 1 saturated carbocycles. The second-order valence-corrected chi connectivity index (χ2v) is 7.38. The molecule has 1 fully saturated rings. The third-order valence-corrected chi connectivity index (χ3v) is 4.66. The van der Waals surface area contributed by atoms with Crippen LogP contribution in [0.3, 0.4) is 0 Å². The second-order valence-electron chi connectivity index (χ2n) is 6.44. The molecular weight excluding hydrogens is 228 g/mol. The van der Waals surface area contributed by atoms with E-state index in [1.54, 1.807) is 0 Å². The van der Waals surface area contributed by atoms with Crippen molar-refractivity contribution in [3.8, 4) is 0 Å². The van der Waals surface area contributed by atoms with Crippen molar-refractivity contribution in [1.82, 2.24) is 10.3 Å². The molecule has 3 heteroatoms. The Bertz CT molecular complexity index is 372. The van der Waals surface area contributed by atoms with Crippen LogP contribution in [0.5, 0.6) is 0 Å². The maximum atomic E-state index is 4.82. The van der Waals surface area contributed by atoms with Gasteiger partial charge in [0.1, 0.15) is 0 Å². The van der Waals surface area contributed by atoms with Crippen LogP contribution in [0.2, 0.25) is 0 Å². The molecule has 0 spiro atoms. The number of thiazole rings is 1. The molecule has 17 heavy (non-hydrogen) atoms. The highest BCUT2D eigenvalue weighted by molar-refractivity contribution is 7.09. The average Bonchev–Trinajstić information content (AvgIpc) is 2.62. The zero-order valence-electron chi connectivity index (χ0n) is 11.5. The first-order chi connectivity index (χ1) is 7.95. The lowest BCUT2D eigenvalue weighted by atomic mass is 9.67. The van der Waals surface area contributed by atoms with Crippen molar-refractivity contribution in [3.63, 3.8) is 0 Å². The van der Waals surface area contributed by atoms with Crippen LogP contribution in [0.25, 0.3) is 0 Å². The predicted octanol–water partition coefficient (Wildman–Crippen LogP) is 3.37. The van der Waals surface area contributed by atoms with Crippen molar-refractivity contribution in [2.24, 2.45) is 5.41 Å². The van der Waals surface area contributed by atoms with E-state index in [-0.39, 0.29) is 5.41 Å². The molecule has 1 aromatic rings. The number of hydrogen-bond acceptors (Lipinski definition) is 3. The molecule has 0 amide bonds. The van der Waals surface area contributed by atoms with Gasteiger partial charge in [-0.2, -0.15) is 0 Å². The van der Waals surface area contributed by atoms with Crippen LogP contribution in [0.15, 0.2) is 5.38 Å². The summed E-state index contributed by atoms with van der Waals surface area (Å²) in [6.07, 6.45) is 5.27. The quantitative estimate of drug-likeness (QED) is 0.888. The summed E-state index contributed by atoms with van der Waals surface area (Å²) in [5.74, 6) is 0. The Hall–Kier alpha value is -0.410. The topological polar surface area (TPSA) is 24.9 Å². The monoisotopic (exact) mass is 252 g/mol. The summed E-state index contributed by atoms with van der Waals surface area (Å²) in [7, 11) is 2.06. The molecule has 96 valence electrons. The van der Waals surface area contributed by atoms with Crippen LogP contribution >= 0.6 is 11.3 Å². The molecule has 0 radical (unpaired) electrons. The molecule has 0 saturated heterocycles. The Morgan fingerprint density at radius 1 is 1.41 bits per heavy atom. The van der Waals surface area contributed by atoms with Gasteiger partial charge in [-0.25, -0.2) is 4.98 Å². The van der Waals surface area contributed by atoms with Gasteiger partial charge in [-0.3, -0.25) is 0 Å². The Morgan fingerprint density at radius 3 is 2.53 bits per heavy atom. The zero-order chi connectivity index (χ0) is 12.5. The van der Waals surface area contributed by atoms with Crippen molar-refractivity contribution >= 4 is 11.3 Å². The van der Waals surface area contributed by atoms with E-state index in [1.165, 1.54) is 30.0 Å². The van der Waals surface area contributed by atoms with Crippen LogP contribution in [0.1, 0.15) is 50.7 Å². The highest BCUT2D eigenvalue weighted by Crippen LogP contribution is 2.43. The smallest absolute Gasteiger partial charge is 0.0934 e. The van der Waals surface area contributed by atoms with Gasteiger partial charge in [0.2, 0.25) is 0 Å². The third-order valence-electron chi connectivity index (χ3n) is 3.81. The number of rotatable bonds is 4. The molecule has 0 aromatic carbocycles. The van der Waals surface area contributed by atoms with E-state index in [2.05, 4.69) is 38.5 Å². The minimum atomic E-state index is 0.185. The standard InChI is InChI=1S/C14H24N2S/c1-13(2,3)11-9-17-12(16-11)8-14(10-15-4)6-5-7-14/h9,15H,5-8,10H2,1-4H3. The van der Waals surface area contributed by atoms with Gasteiger partial charge in [-0.15, -0.1) is 11.3 Å². The Kier molecular flexibility index (Phi) is 3.60. The number of hydrogen-bond donors (Lipinski definition) is 1. The molecule has 1 aromatic heterocycles. The van der Waals surface area contributed by atoms with E-state index in [1.807, 2.05) is 11.3 Å². The number of aromatic nitrogens is 1. The summed E-state index contributed by atoms with van der Waals surface area (Å²) < 4.78 is 0. The van der Waals surface area contributed by atoms with E-state index >= 15 is 0 Å². The van der Waals surface area contributed by atoms with E-state index < -0.39 is 0 Å². The van der Waals surface area contributed by atoms with E-state index in [9.17, 15) is 0 Å². The van der Waals surface area contributed by atoms with Gasteiger partial charge in [0, 0.05) is 23.8 Å². The molecule has 0 unspecified atom stereocenters. The Labute approximate surface area is 109 Å². The van der Waals surface area contributed by atoms with Crippen LogP contribution in [0.4, 0.5) is 0 Å². The van der Waals surface area contributed by atoms with E-state index in [4.69, 9.17) is 4.98 Å². The summed E-state index contributed by atoms with van der Waals surface area (Å²) in [5, 5.41) is 6.91. The first-order valence-electron chi connectivity index (χ1n) is 6.55. The van der Waals surface area contributed by atoms with Crippen LogP contribution < -0.4 is 5.32 Å². The third kappa shape index (κ3) is 2.89. The fraction of sp³-hybridized carbons (Fsp3) is 0.786. The predicted molar refractivity (Wildman–Crippen MR) is 74.7 cm³/mol. The fourth-order valence-electron chi connectivity index (χ4n) is 2.53. The number of nitrogens with one attached hydrogen (secondary N) is 1. The zero-order valence-corrected chi connectivity index (χ0v) is 12.3. The molecule has 1 N–H and O–H groups in total.